The number of nitrogens with two attached hydrogens (primary N) is 1. The van der Waals surface area contributed by atoms with Gasteiger partial charge < -0.3 is 0 Å². The third-order valence-electron chi connectivity index (χ3n) is 2.95. The fraction of sp³-hybridized carbons (Fsp3) is 0.500. The molecule has 1 aliphatic carbocycles. The number of nitrogens with one attached hydrogen (secondary N) is 1. The fourth-order valence-electron chi connectivity index (χ4n) is 1.98. The van der Waals surface area contributed by atoms with Crippen LogP contribution in [-0.2, 0) is 6.42 Å². The molecule has 3 N–H and O–H groups in total. The fourth-order valence-corrected chi connectivity index (χ4v) is 2.49. The summed E-state index contributed by atoms with van der Waals surface area (Å²) in [7, 11) is 0. The summed E-state index contributed by atoms with van der Waals surface area (Å²) in [5.74, 6) is 6.13. The second-order valence-corrected chi connectivity index (χ2v) is 5.44. The van der Waals surface area contributed by atoms with Crippen molar-refractivity contribution in [2.24, 2.45) is 11.8 Å². The zero-order chi connectivity index (χ0) is 11.5. The Balaban J connectivity index is 1.99. The minimum absolute atomic E-state index is 0.202. The SMILES string of the molecule is NNC(Cc1cc(F)cc(Br)c1)CC1CC1. The Morgan fingerprint density at radius 2 is 2.19 bits per heavy atom. The van der Waals surface area contributed by atoms with E-state index in [-0.39, 0.29) is 11.9 Å². The van der Waals surface area contributed by atoms with Crippen LogP contribution in [0.25, 0.3) is 0 Å². The van der Waals surface area contributed by atoms with Gasteiger partial charge in [-0.2, -0.15) is 0 Å². The van der Waals surface area contributed by atoms with E-state index in [9.17, 15) is 4.39 Å². The Bertz CT molecular complexity index is 346. The minimum Gasteiger partial charge on any atom is -0.271 e. The summed E-state index contributed by atoms with van der Waals surface area (Å²) < 4.78 is 14.0. The highest BCUT2D eigenvalue weighted by molar-refractivity contribution is 9.10. The quantitative estimate of drug-likeness (QED) is 0.645. The molecule has 0 aliphatic heterocycles. The zero-order valence-corrected chi connectivity index (χ0v) is 10.6. The molecule has 1 fully saturated rings. The smallest absolute Gasteiger partial charge is 0.124 e. The van der Waals surface area contributed by atoms with Crippen LogP contribution in [0, 0.1) is 11.7 Å². The first-order chi connectivity index (χ1) is 7.67. The second kappa shape index (κ2) is 5.25. The Hall–Kier alpha value is -0.450. The number of hydrogen-bond donors (Lipinski definition) is 2. The molecule has 0 spiro atoms. The van der Waals surface area contributed by atoms with Crippen molar-refractivity contribution in [1.82, 2.24) is 5.43 Å². The summed E-state index contributed by atoms with van der Waals surface area (Å²) in [6, 6.07) is 5.23. The lowest BCUT2D eigenvalue weighted by atomic mass is 10.0. The molecule has 2 rings (SSSR count). The maximum atomic E-state index is 13.2. The van der Waals surface area contributed by atoms with Crippen molar-refractivity contribution < 1.29 is 4.39 Å². The summed E-state index contributed by atoms with van der Waals surface area (Å²) in [5, 5.41) is 0. The minimum atomic E-state index is -0.202. The zero-order valence-electron chi connectivity index (χ0n) is 9.05. The molecule has 4 heteroatoms. The standard InChI is InChI=1S/C12H16BrFN2/c13-10-3-9(4-11(14)7-10)6-12(16-15)5-8-1-2-8/h3-4,7-8,12,16H,1-2,5-6,15H2. The molecule has 0 aromatic heterocycles. The molecule has 1 atom stereocenters. The first kappa shape index (κ1) is 12.0. The molecule has 0 saturated heterocycles. The van der Waals surface area contributed by atoms with Crippen LogP contribution in [0.2, 0.25) is 0 Å². The number of halogens is 2. The van der Waals surface area contributed by atoms with Gasteiger partial charge in [0.05, 0.1) is 0 Å². The molecular weight excluding hydrogens is 271 g/mol. The van der Waals surface area contributed by atoms with Crippen molar-refractivity contribution in [2.75, 3.05) is 0 Å². The first-order valence-corrected chi connectivity index (χ1v) is 6.38. The molecule has 0 amide bonds. The molecule has 0 bridgehead atoms. The Morgan fingerprint density at radius 3 is 2.75 bits per heavy atom. The monoisotopic (exact) mass is 286 g/mol. The predicted octanol–water partition coefficient (Wildman–Crippen LogP) is 2.76. The molecule has 1 unspecified atom stereocenters. The van der Waals surface area contributed by atoms with Crippen molar-refractivity contribution in [3.05, 3.63) is 34.1 Å². The molecule has 1 aromatic rings. The summed E-state index contributed by atoms with van der Waals surface area (Å²) in [5.41, 5.74) is 3.80. The maximum Gasteiger partial charge on any atom is 0.124 e. The Morgan fingerprint density at radius 1 is 1.44 bits per heavy atom. The van der Waals surface area contributed by atoms with Crippen molar-refractivity contribution >= 4 is 15.9 Å². The van der Waals surface area contributed by atoms with Gasteiger partial charge in [0, 0.05) is 10.5 Å². The summed E-state index contributed by atoms with van der Waals surface area (Å²) in [4.78, 5) is 0. The van der Waals surface area contributed by atoms with Crippen LogP contribution < -0.4 is 11.3 Å². The topological polar surface area (TPSA) is 38.0 Å². The first-order valence-electron chi connectivity index (χ1n) is 5.58. The van der Waals surface area contributed by atoms with Crippen molar-refractivity contribution in [3.63, 3.8) is 0 Å². The van der Waals surface area contributed by atoms with Gasteiger partial charge in [0.25, 0.3) is 0 Å². The molecule has 16 heavy (non-hydrogen) atoms. The maximum absolute atomic E-state index is 13.2. The van der Waals surface area contributed by atoms with Crippen LogP contribution in [0.4, 0.5) is 4.39 Å². The molecule has 0 heterocycles. The number of rotatable bonds is 5. The Kier molecular flexibility index (Phi) is 3.95. The van der Waals surface area contributed by atoms with E-state index in [4.69, 9.17) is 5.84 Å². The highest BCUT2D eigenvalue weighted by atomic mass is 79.9. The largest absolute Gasteiger partial charge is 0.271 e. The molecule has 1 aromatic carbocycles. The lowest BCUT2D eigenvalue weighted by molar-refractivity contribution is 0.465. The van der Waals surface area contributed by atoms with Crippen molar-refractivity contribution in [3.8, 4) is 0 Å². The molecule has 2 nitrogen and oxygen atoms in total. The van der Waals surface area contributed by atoms with E-state index in [1.165, 1.54) is 18.9 Å². The van der Waals surface area contributed by atoms with E-state index in [2.05, 4.69) is 21.4 Å². The predicted molar refractivity (Wildman–Crippen MR) is 66.3 cm³/mol. The van der Waals surface area contributed by atoms with Crippen LogP contribution in [0.15, 0.2) is 22.7 Å². The van der Waals surface area contributed by atoms with E-state index in [1.807, 2.05) is 6.07 Å². The lowest BCUT2D eigenvalue weighted by Gasteiger charge is -2.15. The van der Waals surface area contributed by atoms with E-state index in [0.717, 1.165) is 28.8 Å². The molecule has 0 radical (unpaired) electrons. The highest BCUT2D eigenvalue weighted by Crippen LogP contribution is 2.34. The van der Waals surface area contributed by atoms with E-state index < -0.39 is 0 Å². The highest BCUT2D eigenvalue weighted by Gasteiger charge is 2.25. The number of hydrazine groups is 1. The van der Waals surface area contributed by atoms with Gasteiger partial charge in [0.15, 0.2) is 0 Å². The van der Waals surface area contributed by atoms with E-state index in [0.29, 0.717) is 0 Å². The normalized spacial score (nSPS) is 17.4. The van der Waals surface area contributed by atoms with Gasteiger partial charge in [-0.05, 0) is 42.5 Å². The summed E-state index contributed by atoms with van der Waals surface area (Å²) in [6.07, 6.45) is 4.49. The summed E-state index contributed by atoms with van der Waals surface area (Å²) in [6.45, 7) is 0. The lowest BCUT2D eigenvalue weighted by Crippen LogP contribution is -2.37. The van der Waals surface area contributed by atoms with Crippen LogP contribution in [0.3, 0.4) is 0 Å². The van der Waals surface area contributed by atoms with Gasteiger partial charge in [-0.3, -0.25) is 11.3 Å². The number of benzene rings is 1. The van der Waals surface area contributed by atoms with Crippen LogP contribution in [0.1, 0.15) is 24.8 Å². The molecule has 1 aliphatic rings. The summed E-state index contributed by atoms with van der Waals surface area (Å²) >= 11 is 3.30. The average molecular weight is 287 g/mol. The third-order valence-corrected chi connectivity index (χ3v) is 3.41. The molecule has 88 valence electrons. The number of hydrogen-bond acceptors (Lipinski definition) is 2. The van der Waals surface area contributed by atoms with Gasteiger partial charge >= 0.3 is 0 Å². The van der Waals surface area contributed by atoms with Gasteiger partial charge in [-0.15, -0.1) is 0 Å². The average Bonchev–Trinajstić information content (AvgIpc) is 2.99. The van der Waals surface area contributed by atoms with Crippen LogP contribution >= 0.6 is 15.9 Å². The van der Waals surface area contributed by atoms with Gasteiger partial charge in [-0.25, -0.2) is 4.39 Å². The third kappa shape index (κ3) is 3.54. The van der Waals surface area contributed by atoms with Crippen LogP contribution in [0.5, 0.6) is 0 Å². The van der Waals surface area contributed by atoms with Crippen molar-refractivity contribution in [1.29, 1.82) is 0 Å². The van der Waals surface area contributed by atoms with Gasteiger partial charge in [0.2, 0.25) is 0 Å². The Labute approximate surface area is 104 Å². The van der Waals surface area contributed by atoms with Gasteiger partial charge in [0.1, 0.15) is 5.82 Å². The molecule has 1 saturated carbocycles. The van der Waals surface area contributed by atoms with Crippen LogP contribution in [-0.4, -0.2) is 6.04 Å². The second-order valence-electron chi connectivity index (χ2n) is 4.52. The molecular formula is C12H16BrFN2. The van der Waals surface area contributed by atoms with Crippen molar-refractivity contribution in [2.45, 2.75) is 31.7 Å². The van der Waals surface area contributed by atoms with E-state index >= 15 is 0 Å². The van der Waals surface area contributed by atoms with Gasteiger partial charge in [-0.1, -0.05) is 28.8 Å². The van der Waals surface area contributed by atoms with E-state index in [1.54, 1.807) is 6.07 Å².